The number of hydrogen-bond acceptors (Lipinski definition) is 7. The zero-order chi connectivity index (χ0) is 23.0. The number of carbonyl (C=O) groups is 1. The van der Waals surface area contributed by atoms with Gasteiger partial charge in [0, 0.05) is 11.3 Å². The Bertz CT molecular complexity index is 1260. The van der Waals surface area contributed by atoms with E-state index in [1.165, 1.54) is 0 Å². The Morgan fingerprint density at radius 2 is 1.64 bits per heavy atom. The molecule has 0 atom stereocenters. The van der Waals surface area contributed by atoms with Gasteiger partial charge in [0.15, 0.2) is 5.82 Å². The molecule has 1 heterocycles. The molecule has 0 fully saturated rings. The molecule has 8 heteroatoms. The third kappa shape index (κ3) is 5.30. The first-order valence-electron chi connectivity index (χ1n) is 10.5. The third-order valence-corrected chi connectivity index (χ3v) is 5.64. The Hall–Kier alpha value is -3.91. The van der Waals surface area contributed by atoms with Crippen molar-refractivity contribution in [1.29, 1.82) is 0 Å². The van der Waals surface area contributed by atoms with Gasteiger partial charge in [-0.3, -0.25) is 9.99 Å². The lowest BCUT2D eigenvalue weighted by molar-refractivity contribution is -0.134. The van der Waals surface area contributed by atoms with E-state index >= 15 is 0 Å². The van der Waals surface area contributed by atoms with Crippen LogP contribution in [0.25, 0.3) is 17.1 Å². The molecule has 0 aliphatic carbocycles. The number of thioether (sulfide) groups is 1. The maximum Gasteiger partial charge on any atom is 0.365 e. The highest BCUT2D eigenvalue weighted by Gasteiger charge is 2.22. The molecule has 0 amide bonds. The lowest BCUT2D eigenvalue weighted by Crippen LogP contribution is -2.17. The summed E-state index contributed by atoms with van der Waals surface area (Å²) in [7, 11) is 0. The average Bonchev–Trinajstić information content (AvgIpc) is 3.27. The Morgan fingerprint density at radius 1 is 0.970 bits per heavy atom. The van der Waals surface area contributed by atoms with Crippen molar-refractivity contribution >= 4 is 28.5 Å². The number of benzene rings is 3. The number of hydrazone groups is 1. The first-order valence-corrected chi connectivity index (χ1v) is 11.3. The molecule has 4 rings (SSSR count). The van der Waals surface area contributed by atoms with Gasteiger partial charge in [-0.25, -0.2) is 4.79 Å². The van der Waals surface area contributed by atoms with Gasteiger partial charge in [0.05, 0.1) is 12.3 Å². The van der Waals surface area contributed by atoms with Crippen molar-refractivity contribution in [3.05, 3.63) is 90.5 Å². The Labute approximate surface area is 196 Å². The third-order valence-electron chi connectivity index (χ3n) is 4.74. The minimum atomic E-state index is -0.535. The number of ether oxygens (including phenoxy) is 1. The van der Waals surface area contributed by atoms with Crippen molar-refractivity contribution in [3.63, 3.8) is 0 Å². The molecule has 0 bridgehead atoms. The molecule has 0 saturated carbocycles. The van der Waals surface area contributed by atoms with Crippen LogP contribution in [-0.4, -0.2) is 32.4 Å². The molecule has 0 spiro atoms. The standard InChI is InChI=1S/C25H23N5O2S/c1-3-32-24(31)23(28-26-21-17-11-10-12-18(21)2)33-25-29-27-22(19-13-6-4-7-14-19)30(25)20-15-8-5-9-16-20/h4-17,26H,3H2,1-2H3. The highest BCUT2D eigenvalue weighted by atomic mass is 32.2. The molecule has 4 aromatic rings. The lowest BCUT2D eigenvalue weighted by atomic mass is 10.2. The summed E-state index contributed by atoms with van der Waals surface area (Å²) in [6.07, 6.45) is 0. The number of hydrogen-bond donors (Lipinski definition) is 1. The second-order valence-corrected chi connectivity index (χ2v) is 7.97. The number of rotatable bonds is 6. The van der Waals surface area contributed by atoms with Gasteiger partial charge in [-0.2, -0.15) is 5.10 Å². The zero-order valence-corrected chi connectivity index (χ0v) is 19.1. The number of esters is 1. The predicted molar refractivity (Wildman–Crippen MR) is 132 cm³/mol. The van der Waals surface area contributed by atoms with Crippen molar-refractivity contribution in [2.24, 2.45) is 5.10 Å². The van der Waals surface area contributed by atoms with Gasteiger partial charge in [-0.15, -0.1) is 10.2 Å². The van der Waals surface area contributed by atoms with Crippen LogP contribution in [0.4, 0.5) is 5.69 Å². The molecule has 33 heavy (non-hydrogen) atoms. The quantitative estimate of drug-likeness (QED) is 0.139. The number of nitrogens with zero attached hydrogens (tertiary/aromatic N) is 4. The number of para-hydroxylation sites is 2. The van der Waals surface area contributed by atoms with Crippen LogP contribution in [0, 0.1) is 6.92 Å². The molecular weight excluding hydrogens is 434 g/mol. The summed E-state index contributed by atoms with van der Waals surface area (Å²) in [5, 5.41) is 13.8. The number of carbonyl (C=O) groups excluding carboxylic acids is 1. The Balaban J connectivity index is 1.74. The highest BCUT2D eigenvalue weighted by Crippen LogP contribution is 2.29. The van der Waals surface area contributed by atoms with Crippen molar-refractivity contribution in [1.82, 2.24) is 14.8 Å². The predicted octanol–water partition coefficient (Wildman–Crippen LogP) is 5.32. The minimum absolute atomic E-state index is 0.129. The molecule has 0 aliphatic heterocycles. The molecule has 166 valence electrons. The topological polar surface area (TPSA) is 81.4 Å². The van der Waals surface area contributed by atoms with E-state index in [1.54, 1.807) is 6.92 Å². The number of anilines is 1. The molecule has 3 aromatic carbocycles. The summed E-state index contributed by atoms with van der Waals surface area (Å²) in [4.78, 5) is 12.7. The van der Waals surface area contributed by atoms with Gasteiger partial charge < -0.3 is 4.74 Å². The summed E-state index contributed by atoms with van der Waals surface area (Å²) < 4.78 is 7.15. The monoisotopic (exact) mass is 457 g/mol. The molecular formula is C25H23N5O2S. The molecule has 0 saturated heterocycles. The van der Waals surface area contributed by atoms with Crippen LogP contribution in [0.2, 0.25) is 0 Å². The normalized spacial score (nSPS) is 11.3. The summed E-state index contributed by atoms with van der Waals surface area (Å²) in [5.41, 5.74) is 6.57. The van der Waals surface area contributed by atoms with Gasteiger partial charge in [-0.1, -0.05) is 66.7 Å². The average molecular weight is 458 g/mol. The van der Waals surface area contributed by atoms with Gasteiger partial charge >= 0.3 is 5.97 Å². The van der Waals surface area contributed by atoms with Crippen LogP contribution in [0.5, 0.6) is 0 Å². The highest BCUT2D eigenvalue weighted by molar-refractivity contribution is 8.15. The van der Waals surface area contributed by atoms with E-state index in [1.807, 2.05) is 96.4 Å². The van der Waals surface area contributed by atoms with E-state index in [2.05, 4.69) is 20.7 Å². The van der Waals surface area contributed by atoms with Crippen LogP contribution < -0.4 is 5.43 Å². The smallest absolute Gasteiger partial charge is 0.365 e. The largest absolute Gasteiger partial charge is 0.461 e. The molecule has 7 nitrogen and oxygen atoms in total. The number of aryl methyl sites for hydroxylation is 1. The second kappa shape index (κ2) is 10.6. The van der Waals surface area contributed by atoms with E-state index in [-0.39, 0.29) is 11.7 Å². The lowest BCUT2D eigenvalue weighted by Gasteiger charge is -2.11. The molecule has 0 aliphatic rings. The zero-order valence-electron chi connectivity index (χ0n) is 18.3. The summed E-state index contributed by atoms with van der Waals surface area (Å²) >= 11 is 1.10. The van der Waals surface area contributed by atoms with E-state index in [0.717, 1.165) is 34.3 Å². The van der Waals surface area contributed by atoms with E-state index in [4.69, 9.17) is 4.74 Å². The van der Waals surface area contributed by atoms with Crippen molar-refractivity contribution in [3.8, 4) is 17.1 Å². The van der Waals surface area contributed by atoms with Crippen LogP contribution in [-0.2, 0) is 9.53 Å². The maximum atomic E-state index is 12.7. The minimum Gasteiger partial charge on any atom is -0.461 e. The number of nitrogens with one attached hydrogen (secondary N) is 1. The molecule has 0 radical (unpaired) electrons. The Kier molecular flexibility index (Phi) is 7.16. The second-order valence-electron chi connectivity index (χ2n) is 7.01. The SMILES string of the molecule is CCOC(=O)C(=NNc1ccccc1C)Sc1nnc(-c2ccccc2)n1-c1ccccc1. The van der Waals surface area contributed by atoms with Gasteiger partial charge in [0.25, 0.3) is 0 Å². The van der Waals surface area contributed by atoms with E-state index in [9.17, 15) is 4.79 Å². The molecule has 1 aromatic heterocycles. The maximum absolute atomic E-state index is 12.7. The van der Waals surface area contributed by atoms with Crippen LogP contribution in [0.15, 0.2) is 95.2 Å². The van der Waals surface area contributed by atoms with E-state index in [0.29, 0.717) is 11.0 Å². The first kappa shape index (κ1) is 22.3. The fraction of sp³-hybridized carbons (Fsp3) is 0.120. The van der Waals surface area contributed by atoms with Crippen molar-refractivity contribution in [2.45, 2.75) is 19.0 Å². The van der Waals surface area contributed by atoms with Crippen molar-refractivity contribution in [2.75, 3.05) is 12.0 Å². The number of aromatic nitrogens is 3. The van der Waals surface area contributed by atoms with E-state index < -0.39 is 5.97 Å². The van der Waals surface area contributed by atoms with Gasteiger partial charge in [0.2, 0.25) is 10.2 Å². The fourth-order valence-electron chi connectivity index (χ4n) is 3.12. The Morgan fingerprint density at radius 3 is 2.33 bits per heavy atom. The summed E-state index contributed by atoms with van der Waals surface area (Å²) in [5.74, 6) is 0.131. The van der Waals surface area contributed by atoms with Crippen LogP contribution >= 0.6 is 11.8 Å². The first-order chi connectivity index (χ1) is 16.2. The summed E-state index contributed by atoms with van der Waals surface area (Å²) in [6.45, 7) is 3.96. The summed E-state index contributed by atoms with van der Waals surface area (Å²) in [6, 6.07) is 27.3. The van der Waals surface area contributed by atoms with Crippen molar-refractivity contribution < 1.29 is 9.53 Å². The van der Waals surface area contributed by atoms with Crippen LogP contribution in [0.3, 0.4) is 0 Å². The molecule has 1 N–H and O–H groups in total. The van der Waals surface area contributed by atoms with Gasteiger partial charge in [0.1, 0.15) is 0 Å². The fourth-order valence-corrected chi connectivity index (χ4v) is 3.89. The van der Waals surface area contributed by atoms with Gasteiger partial charge in [-0.05, 0) is 49.4 Å². The van der Waals surface area contributed by atoms with Crippen LogP contribution in [0.1, 0.15) is 12.5 Å². The molecule has 0 unspecified atom stereocenters.